The van der Waals surface area contributed by atoms with E-state index in [1.165, 1.54) is 7.11 Å². The number of rotatable bonds is 12. The smallest absolute Gasteiger partial charge is 0.870 e. The zero-order valence-corrected chi connectivity index (χ0v) is 34.3. The predicted molar refractivity (Wildman–Crippen MR) is 230 cm³/mol. The Hall–Kier alpha value is -7.52. The van der Waals surface area contributed by atoms with E-state index in [9.17, 15) is 19.2 Å². The quantitative estimate of drug-likeness (QED) is 0.0875. The summed E-state index contributed by atoms with van der Waals surface area (Å²) in [5.41, 5.74) is 18.5. The minimum atomic E-state index is -0.977. The number of carbonyl (C=O) groups excluding carboxylic acids is 3. The third kappa shape index (κ3) is 11.1. The van der Waals surface area contributed by atoms with Gasteiger partial charge in [-0.25, -0.2) is 19.0 Å². The van der Waals surface area contributed by atoms with Crippen LogP contribution >= 0.6 is 0 Å². The SMILES string of the molecule is COC(=O)Cc1ccccc1NC(=O)c1nc(-c2cccc(CN)c2)nn2cccc12.NCc1cccc(-c2nc(C(=O)Nc3ccccc3CC(=O)O)c3cccn3n2)c1.[Li+].[OH-]. The average molecular weight is 841 g/mol. The Morgan fingerprint density at radius 3 is 1.49 bits per heavy atom. The molecule has 0 aliphatic heterocycles. The van der Waals surface area contributed by atoms with Crippen molar-refractivity contribution in [2.45, 2.75) is 25.9 Å². The molecule has 0 spiro atoms. The Balaban J connectivity index is 0.000000230. The number of aromatic nitrogens is 6. The van der Waals surface area contributed by atoms with Crippen LogP contribution in [0.15, 0.2) is 134 Å². The van der Waals surface area contributed by atoms with Gasteiger partial charge in [-0.15, -0.1) is 10.2 Å². The fourth-order valence-electron chi connectivity index (χ4n) is 6.47. The van der Waals surface area contributed by atoms with Crippen molar-refractivity contribution in [3.05, 3.63) is 167 Å². The number of esters is 1. The molecule has 4 aromatic carbocycles. The maximum atomic E-state index is 13.2. The van der Waals surface area contributed by atoms with Crippen LogP contribution in [0.5, 0.6) is 0 Å². The molecule has 0 saturated heterocycles. The number of para-hydroxylation sites is 2. The van der Waals surface area contributed by atoms with Crippen molar-refractivity contribution >= 4 is 46.2 Å². The van der Waals surface area contributed by atoms with Crippen molar-refractivity contribution in [3.8, 4) is 22.8 Å². The maximum absolute atomic E-state index is 13.2. The summed E-state index contributed by atoms with van der Waals surface area (Å²) in [7, 11) is 1.33. The van der Waals surface area contributed by atoms with Crippen molar-refractivity contribution in [3.63, 3.8) is 0 Å². The number of hydrogen-bond donors (Lipinski definition) is 5. The first kappa shape index (κ1) is 46.5. The number of carbonyl (C=O) groups is 4. The van der Waals surface area contributed by atoms with E-state index in [-0.39, 0.29) is 54.5 Å². The topological polar surface area (TPSA) is 264 Å². The van der Waals surface area contributed by atoms with Crippen LogP contribution in [-0.4, -0.2) is 70.6 Å². The summed E-state index contributed by atoms with van der Waals surface area (Å²) >= 11 is 0. The van der Waals surface area contributed by atoms with E-state index >= 15 is 0 Å². The molecule has 4 heterocycles. The molecule has 0 saturated carbocycles. The molecular weight excluding hydrogens is 799 g/mol. The molecule has 17 nitrogen and oxygen atoms in total. The minimum absolute atomic E-state index is 0. The molecule has 0 radical (unpaired) electrons. The normalized spacial score (nSPS) is 10.5. The van der Waals surface area contributed by atoms with Gasteiger partial charge in [-0.3, -0.25) is 19.2 Å². The van der Waals surface area contributed by atoms with E-state index in [0.29, 0.717) is 58.3 Å². The Kier molecular flexibility index (Phi) is 15.8. The van der Waals surface area contributed by atoms with E-state index in [0.717, 1.165) is 22.3 Å². The van der Waals surface area contributed by atoms with Crippen LogP contribution in [0.25, 0.3) is 33.8 Å². The first-order chi connectivity index (χ1) is 29.6. The molecule has 0 unspecified atom stereocenters. The number of nitrogens with zero attached hydrogens (tertiary/aromatic N) is 6. The third-order valence-electron chi connectivity index (χ3n) is 9.49. The van der Waals surface area contributed by atoms with Gasteiger partial charge in [0.1, 0.15) is 0 Å². The third-order valence-corrected chi connectivity index (χ3v) is 9.49. The van der Waals surface area contributed by atoms with Crippen LogP contribution < -0.4 is 41.0 Å². The van der Waals surface area contributed by atoms with Crippen LogP contribution in [0, 0.1) is 0 Å². The van der Waals surface area contributed by atoms with Crippen LogP contribution in [0.3, 0.4) is 0 Å². The van der Waals surface area contributed by atoms with Gasteiger partial charge in [-0.1, -0.05) is 72.8 Å². The van der Waals surface area contributed by atoms with Gasteiger partial charge in [0.05, 0.1) is 31.0 Å². The summed E-state index contributed by atoms with van der Waals surface area (Å²) in [5.74, 6) is -1.42. The number of aliphatic carboxylic acids is 1. The largest absolute Gasteiger partial charge is 1.00 e. The van der Waals surface area contributed by atoms with E-state index in [2.05, 4.69) is 30.8 Å². The number of anilines is 2. The monoisotopic (exact) mass is 840 g/mol. The van der Waals surface area contributed by atoms with E-state index in [4.69, 9.17) is 21.3 Å². The van der Waals surface area contributed by atoms with Gasteiger partial charge in [0.2, 0.25) is 0 Å². The molecule has 314 valence electrons. The molecule has 0 atom stereocenters. The van der Waals surface area contributed by atoms with Gasteiger partial charge >= 0.3 is 30.8 Å². The fraction of sp³-hybridized carbons (Fsp3) is 0.111. The Bertz CT molecular complexity index is 2920. The minimum Gasteiger partial charge on any atom is -0.870 e. The molecule has 0 bridgehead atoms. The molecule has 18 heteroatoms. The fourth-order valence-corrected chi connectivity index (χ4v) is 6.47. The molecular formula is C45H41LiN10O7. The number of carboxylic acid groups (broad SMARTS) is 1. The number of hydrogen-bond acceptors (Lipinski definition) is 12. The molecule has 63 heavy (non-hydrogen) atoms. The van der Waals surface area contributed by atoms with Gasteiger partial charge < -0.3 is 37.4 Å². The predicted octanol–water partition coefficient (Wildman–Crippen LogP) is 2.38. The van der Waals surface area contributed by atoms with Crippen LogP contribution in [-0.2, 0) is 40.3 Å². The molecule has 0 aliphatic carbocycles. The summed E-state index contributed by atoms with van der Waals surface area (Å²) in [6, 6.07) is 36.1. The van der Waals surface area contributed by atoms with Crippen LogP contribution in [0.2, 0.25) is 0 Å². The summed E-state index contributed by atoms with van der Waals surface area (Å²) in [6.07, 6.45) is 3.35. The second-order valence-corrected chi connectivity index (χ2v) is 13.6. The standard InChI is InChI=1S/C23H21N5O3.C22H19N5O3.Li.H2O/c1-31-20(29)13-16-7-2-3-9-18(16)25-23(30)21-19-10-5-11-28(19)27-22(26-21)17-8-4-6-15(12-17)14-24;23-13-14-5-3-7-16(11-14)21-25-20(18-9-4-10-27(18)26-21)22(30)24-17-8-2-1-6-15(17)12-19(28)29;;/h2-12H,13-14,24H2,1H3,(H,25,30);1-11H,12-13,23H2,(H,24,30)(H,28,29);;1H2/q;;+1;/p-1. The number of benzene rings is 4. The van der Waals surface area contributed by atoms with Crippen molar-refractivity contribution in [2.75, 3.05) is 17.7 Å². The molecule has 8 aromatic rings. The second kappa shape index (κ2) is 21.3. The summed E-state index contributed by atoms with van der Waals surface area (Å²) in [6.45, 7) is 0.775. The molecule has 0 aliphatic rings. The van der Waals surface area contributed by atoms with E-state index < -0.39 is 17.8 Å². The average Bonchev–Trinajstić information content (AvgIpc) is 3.97. The summed E-state index contributed by atoms with van der Waals surface area (Å²) < 4.78 is 7.96. The second-order valence-electron chi connectivity index (χ2n) is 13.6. The summed E-state index contributed by atoms with van der Waals surface area (Å²) in [4.78, 5) is 58.2. The molecule has 0 fully saturated rings. The first-order valence-corrected chi connectivity index (χ1v) is 19.0. The number of fused-ring (bicyclic) bond motifs is 2. The van der Waals surface area contributed by atoms with Crippen molar-refractivity contribution in [1.82, 2.24) is 29.2 Å². The number of ether oxygens (including phenoxy) is 1. The first-order valence-electron chi connectivity index (χ1n) is 19.0. The molecule has 4 aromatic heterocycles. The van der Waals surface area contributed by atoms with Gasteiger partial charge in [0.25, 0.3) is 11.8 Å². The zero-order chi connectivity index (χ0) is 42.9. The van der Waals surface area contributed by atoms with Crippen LogP contribution in [0.1, 0.15) is 43.2 Å². The molecule has 2 amide bonds. The van der Waals surface area contributed by atoms with Crippen molar-refractivity contribution in [1.29, 1.82) is 0 Å². The Labute approximate surface area is 372 Å². The zero-order valence-electron chi connectivity index (χ0n) is 34.3. The van der Waals surface area contributed by atoms with Crippen molar-refractivity contribution < 1.29 is 53.4 Å². The molecule has 8 rings (SSSR count). The number of methoxy groups -OCH3 is 1. The Morgan fingerprint density at radius 2 is 1.06 bits per heavy atom. The van der Waals surface area contributed by atoms with Gasteiger partial charge in [-0.2, -0.15) is 0 Å². The van der Waals surface area contributed by atoms with Gasteiger partial charge in [0, 0.05) is 48.0 Å². The number of nitrogens with two attached hydrogens (primary N) is 2. The molecule has 8 N–H and O–H groups in total. The van der Waals surface area contributed by atoms with Gasteiger partial charge in [-0.05, 0) is 70.8 Å². The van der Waals surface area contributed by atoms with E-state index in [1.807, 2.05) is 48.5 Å². The van der Waals surface area contributed by atoms with Crippen molar-refractivity contribution in [2.24, 2.45) is 11.5 Å². The Morgan fingerprint density at radius 1 is 0.619 bits per heavy atom. The number of amides is 2. The van der Waals surface area contributed by atoms with E-state index in [1.54, 1.807) is 94.2 Å². The van der Waals surface area contributed by atoms with Crippen LogP contribution in [0.4, 0.5) is 11.4 Å². The number of carboxylic acids is 1. The summed E-state index contributed by atoms with van der Waals surface area (Å²) in [5, 5.41) is 23.8. The maximum Gasteiger partial charge on any atom is 1.00 e. The van der Waals surface area contributed by atoms with Gasteiger partial charge in [0.15, 0.2) is 23.0 Å². The number of nitrogens with one attached hydrogen (secondary N) is 2.